The number of nitriles is 1. The molecular formula is C31H18Cl3N3O5S. The first-order valence-electron chi connectivity index (χ1n) is 12.6. The number of esters is 1. The molecule has 1 saturated heterocycles. The van der Waals surface area contributed by atoms with E-state index in [9.17, 15) is 24.4 Å². The molecule has 5 rings (SSSR count). The van der Waals surface area contributed by atoms with Crippen molar-refractivity contribution in [2.75, 3.05) is 11.5 Å². The average molecular weight is 651 g/mol. The van der Waals surface area contributed by atoms with Gasteiger partial charge in [-0.25, -0.2) is 14.7 Å². The maximum atomic E-state index is 13.3. The van der Waals surface area contributed by atoms with Crippen LogP contribution in [0.4, 0.5) is 5.69 Å². The van der Waals surface area contributed by atoms with E-state index in [-0.39, 0.29) is 33.8 Å². The van der Waals surface area contributed by atoms with E-state index in [4.69, 9.17) is 39.5 Å². The second-order valence-electron chi connectivity index (χ2n) is 9.19. The lowest BCUT2D eigenvalue weighted by Crippen LogP contribution is -2.31. The molecule has 1 aliphatic heterocycles. The summed E-state index contributed by atoms with van der Waals surface area (Å²) in [5.74, 6) is -2.15. The fourth-order valence-corrected chi connectivity index (χ4v) is 5.87. The van der Waals surface area contributed by atoms with Crippen LogP contribution in [0.3, 0.4) is 0 Å². The zero-order valence-electron chi connectivity index (χ0n) is 21.9. The summed E-state index contributed by atoms with van der Waals surface area (Å²) < 4.78 is 5.12. The van der Waals surface area contributed by atoms with E-state index in [0.29, 0.717) is 26.3 Å². The molecule has 8 nitrogen and oxygen atoms in total. The first-order valence-corrected chi connectivity index (χ1v) is 14.6. The first kappa shape index (κ1) is 30.3. The molecule has 1 aliphatic rings. The van der Waals surface area contributed by atoms with Gasteiger partial charge in [0.05, 0.1) is 37.8 Å². The van der Waals surface area contributed by atoms with Crippen LogP contribution in [-0.2, 0) is 14.3 Å². The van der Waals surface area contributed by atoms with Crippen molar-refractivity contribution in [3.63, 3.8) is 0 Å². The lowest BCUT2D eigenvalue weighted by Gasteiger charge is -2.15. The van der Waals surface area contributed by atoms with Crippen LogP contribution in [0.5, 0.6) is 0 Å². The first-order chi connectivity index (χ1) is 20.7. The van der Waals surface area contributed by atoms with Crippen molar-refractivity contribution in [3.8, 4) is 17.3 Å². The summed E-state index contributed by atoms with van der Waals surface area (Å²) in [4.78, 5) is 56.7. The Morgan fingerprint density at radius 1 is 0.930 bits per heavy atom. The lowest BCUT2D eigenvalue weighted by molar-refractivity contribution is -0.121. The zero-order chi connectivity index (χ0) is 30.7. The second kappa shape index (κ2) is 13.0. The molecule has 0 spiro atoms. The number of benzene rings is 3. The zero-order valence-corrected chi connectivity index (χ0v) is 25.0. The number of ether oxygens (including phenoxy) is 1. The minimum Gasteiger partial charge on any atom is -0.454 e. The maximum absolute atomic E-state index is 13.3. The Morgan fingerprint density at radius 3 is 2.35 bits per heavy atom. The molecule has 1 unspecified atom stereocenters. The van der Waals surface area contributed by atoms with Crippen LogP contribution in [-0.4, -0.2) is 40.4 Å². The minimum atomic E-state index is -0.814. The van der Waals surface area contributed by atoms with Gasteiger partial charge in [0.2, 0.25) is 11.8 Å². The number of nitrogens with zero attached hydrogens (tertiary/aromatic N) is 3. The quantitative estimate of drug-likeness (QED) is 0.113. The Hall–Kier alpha value is -4.20. The summed E-state index contributed by atoms with van der Waals surface area (Å²) in [6.45, 7) is -0.517. The number of hydrogen-bond acceptors (Lipinski definition) is 8. The average Bonchev–Trinajstić information content (AvgIpc) is 3.29. The topological polar surface area (TPSA) is 117 Å². The predicted molar refractivity (Wildman–Crippen MR) is 164 cm³/mol. The Bertz CT molecular complexity index is 1820. The van der Waals surface area contributed by atoms with E-state index >= 15 is 0 Å². The van der Waals surface area contributed by atoms with Crippen LogP contribution in [0.2, 0.25) is 15.1 Å². The molecule has 1 atom stereocenters. The van der Waals surface area contributed by atoms with Crippen LogP contribution in [0.25, 0.3) is 11.3 Å². The third kappa shape index (κ3) is 6.58. The summed E-state index contributed by atoms with van der Waals surface area (Å²) in [6, 6.07) is 22.5. The predicted octanol–water partition coefficient (Wildman–Crippen LogP) is 7.04. The van der Waals surface area contributed by atoms with E-state index in [2.05, 4.69) is 11.1 Å². The molecule has 1 fully saturated rings. The van der Waals surface area contributed by atoms with Gasteiger partial charge >= 0.3 is 5.97 Å². The monoisotopic (exact) mass is 649 g/mol. The third-order valence-electron chi connectivity index (χ3n) is 6.43. The molecular weight excluding hydrogens is 633 g/mol. The van der Waals surface area contributed by atoms with Gasteiger partial charge in [0, 0.05) is 22.6 Å². The SMILES string of the molecule is N#Cc1ccc(-c2ccccc2Cl)nc1SC1CC(=O)N(c2ccc(C(=O)OCC(=O)c3ccc(Cl)c(Cl)c3)cc2)C1=O. The number of pyridine rings is 1. The Balaban J connectivity index is 1.26. The fourth-order valence-electron chi connectivity index (χ4n) is 4.25. The number of amides is 2. The van der Waals surface area contributed by atoms with Crippen LogP contribution in [0.15, 0.2) is 83.9 Å². The fraction of sp³-hybridized carbons (Fsp3) is 0.0968. The van der Waals surface area contributed by atoms with Gasteiger partial charge in [0.25, 0.3) is 0 Å². The summed E-state index contributed by atoms with van der Waals surface area (Å²) in [5, 5.41) is 10.1. The normalized spacial score (nSPS) is 14.5. The summed E-state index contributed by atoms with van der Waals surface area (Å²) in [7, 11) is 0. The van der Waals surface area contributed by atoms with Gasteiger partial charge in [-0.3, -0.25) is 14.4 Å². The van der Waals surface area contributed by atoms with E-state index < -0.39 is 35.4 Å². The second-order valence-corrected chi connectivity index (χ2v) is 11.6. The van der Waals surface area contributed by atoms with E-state index in [1.54, 1.807) is 30.3 Å². The highest BCUT2D eigenvalue weighted by atomic mass is 35.5. The molecule has 0 saturated carbocycles. The van der Waals surface area contributed by atoms with Crippen LogP contribution in [0, 0.1) is 11.3 Å². The number of carbonyl (C=O) groups excluding carboxylic acids is 4. The van der Waals surface area contributed by atoms with Crippen LogP contribution >= 0.6 is 46.6 Å². The number of anilines is 1. The molecule has 12 heteroatoms. The van der Waals surface area contributed by atoms with Gasteiger partial charge in [0.1, 0.15) is 11.1 Å². The van der Waals surface area contributed by atoms with Crippen LogP contribution in [0.1, 0.15) is 32.7 Å². The number of rotatable bonds is 8. The molecule has 4 aromatic rings. The molecule has 214 valence electrons. The molecule has 43 heavy (non-hydrogen) atoms. The summed E-state index contributed by atoms with van der Waals surface area (Å²) in [5.41, 5.74) is 2.09. The molecule has 2 heterocycles. The van der Waals surface area contributed by atoms with Gasteiger partial charge in [-0.05, 0) is 60.7 Å². The van der Waals surface area contributed by atoms with Crippen molar-refractivity contribution < 1.29 is 23.9 Å². The molecule has 2 amide bonds. The third-order valence-corrected chi connectivity index (χ3v) is 8.68. The molecule has 0 bridgehead atoms. The molecule has 0 radical (unpaired) electrons. The number of ketones is 1. The molecule has 3 aromatic carbocycles. The molecule has 1 aromatic heterocycles. The Labute approximate surface area is 265 Å². The van der Waals surface area contributed by atoms with E-state index in [0.717, 1.165) is 16.7 Å². The highest BCUT2D eigenvalue weighted by Crippen LogP contribution is 2.36. The van der Waals surface area contributed by atoms with Crippen molar-refractivity contribution in [2.45, 2.75) is 16.7 Å². The lowest BCUT2D eigenvalue weighted by atomic mass is 10.1. The number of carbonyl (C=O) groups is 4. The van der Waals surface area contributed by atoms with Gasteiger partial charge in [0.15, 0.2) is 12.4 Å². The largest absolute Gasteiger partial charge is 0.454 e. The smallest absolute Gasteiger partial charge is 0.338 e. The van der Waals surface area contributed by atoms with Crippen LogP contribution < -0.4 is 4.90 Å². The van der Waals surface area contributed by atoms with E-state index in [1.807, 2.05) is 6.07 Å². The summed E-state index contributed by atoms with van der Waals surface area (Å²) in [6.07, 6.45) is -0.104. The van der Waals surface area contributed by atoms with Crippen molar-refractivity contribution in [1.29, 1.82) is 5.26 Å². The molecule has 0 N–H and O–H groups in total. The Kier molecular flexibility index (Phi) is 9.14. The van der Waals surface area contributed by atoms with Crippen molar-refractivity contribution in [3.05, 3.63) is 111 Å². The van der Waals surface area contributed by atoms with Crippen molar-refractivity contribution in [2.24, 2.45) is 0 Å². The number of hydrogen-bond donors (Lipinski definition) is 0. The standard InChI is InChI=1S/C31H18Cl3N3O5S/c32-22-4-2-1-3-21(22)25-12-8-19(15-35)29(36-25)43-27-14-28(39)37(30(27)40)20-9-5-17(6-10-20)31(41)42-16-26(38)18-7-11-23(33)24(34)13-18/h1-13,27H,14,16H2. The van der Waals surface area contributed by atoms with Gasteiger partial charge < -0.3 is 4.74 Å². The van der Waals surface area contributed by atoms with Crippen molar-refractivity contribution >= 4 is 75.8 Å². The number of Topliss-reactive ketones (excluding diaryl/α,β-unsaturated/α-hetero) is 1. The van der Waals surface area contributed by atoms with Gasteiger partial charge in [-0.15, -0.1) is 0 Å². The number of halogens is 3. The minimum absolute atomic E-state index is 0.104. The highest BCUT2D eigenvalue weighted by molar-refractivity contribution is 8.00. The Morgan fingerprint density at radius 2 is 1.65 bits per heavy atom. The van der Waals surface area contributed by atoms with Crippen molar-refractivity contribution in [1.82, 2.24) is 4.98 Å². The number of thioether (sulfide) groups is 1. The van der Waals surface area contributed by atoms with Gasteiger partial charge in [-0.1, -0.05) is 64.8 Å². The maximum Gasteiger partial charge on any atom is 0.338 e. The highest BCUT2D eigenvalue weighted by Gasteiger charge is 2.41. The number of imide groups is 1. The number of aromatic nitrogens is 1. The van der Waals surface area contributed by atoms with E-state index in [1.165, 1.54) is 42.5 Å². The summed E-state index contributed by atoms with van der Waals surface area (Å²) >= 11 is 19.1. The molecule has 0 aliphatic carbocycles. The van der Waals surface area contributed by atoms with Gasteiger partial charge in [-0.2, -0.15) is 5.26 Å².